The van der Waals surface area contributed by atoms with E-state index in [0.717, 1.165) is 17.9 Å². The second-order valence-electron chi connectivity index (χ2n) is 7.89. The van der Waals surface area contributed by atoms with Gasteiger partial charge >= 0.3 is 0 Å². The molecule has 0 saturated carbocycles. The van der Waals surface area contributed by atoms with Gasteiger partial charge in [-0.1, -0.05) is 30.3 Å². The molecule has 2 aromatic carbocycles. The highest BCUT2D eigenvalue weighted by Crippen LogP contribution is 2.21. The lowest BCUT2D eigenvalue weighted by atomic mass is 10.1. The van der Waals surface area contributed by atoms with Crippen molar-refractivity contribution in [1.82, 2.24) is 4.90 Å². The first-order valence-corrected chi connectivity index (χ1v) is 10.6. The molecule has 0 radical (unpaired) electrons. The van der Waals surface area contributed by atoms with Gasteiger partial charge in [-0.3, -0.25) is 4.90 Å². The standard InChI is InChI=1S/C24H34N2O3/c1-25(16-20-10-12-22(13-11-20)26-14-6-3-7-15-26)17-23(27)19-29-18-21-8-4-5-9-24(21)28-2/h4-5,8-13,23,27H,3,6-7,14-19H2,1-2H3/t23-/m1/s1. The molecule has 1 saturated heterocycles. The Kier molecular flexibility index (Phi) is 8.35. The van der Waals surface area contributed by atoms with Crippen LogP contribution in [0.4, 0.5) is 5.69 Å². The van der Waals surface area contributed by atoms with Crippen LogP contribution in [0.5, 0.6) is 5.75 Å². The van der Waals surface area contributed by atoms with Crippen LogP contribution in [0.3, 0.4) is 0 Å². The zero-order chi connectivity index (χ0) is 20.5. The van der Waals surface area contributed by atoms with E-state index in [0.29, 0.717) is 19.8 Å². The van der Waals surface area contributed by atoms with Gasteiger partial charge in [0.1, 0.15) is 5.75 Å². The van der Waals surface area contributed by atoms with Gasteiger partial charge in [-0.25, -0.2) is 0 Å². The molecule has 1 N–H and O–H groups in total. The minimum atomic E-state index is -0.526. The first-order chi connectivity index (χ1) is 14.2. The van der Waals surface area contributed by atoms with Gasteiger partial charge in [0, 0.05) is 37.4 Å². The highest BCUT2D eigenvalue weighted by atomic mass is 16.5. The van der Waals surface area contributed by atoms with Crippen LogP contribution in [-0.2, 0) is 17.9 Å². The summed E-state index contributed by atoms with van der Waals surface area (Å²) in [6.45, 7) is 4.45. The lowest BCUT2D eigenvalue weighted by Crippen LogP contribution is -2.32. The SMILES string of the molecule is COc1ccccc1COC[C@H](O)CN(C)Cc1ccc(N2CCCCC2)cc1. The minimum absolute atomic E-state index is 0.302. The van der Waals surface area contributed by atoms with Crippen molar-refractivity contribution >= 4 is 5.69 Å². The molecule has 1 aliphatic heterocycles. The molecule has 29 heavy (non-hydrogen) atoms. The third-order valence-electron chi connectivity index (χ3n) is 5.39. The smallest absolute Gasteiger partial charge is 0.124 e. The molecular weight excluding hydrogens is 364 g/mol. The normalized spacial score (nSPS) is 15.5. The van der Waals surface area contributed by atoms with Crippen molar-refractivity contribution in [3.8, 4) is 5.75 Å². The number of aliphatic hydroxyl groups excluding tert-OH is 1. The van der Waals surface area contributed by atoms with Gasteiger partial charge in [-0.15, -0.1) is 0 Å². The maximum atomic E-state index is 10.3. The molecule has 0 aliphatic carbocycles. The van der Waals surface area contributed by atoms with Gasteiger partial charge in [0.25, 0.3) is 0 Å². The van der Waals surface area contributed by atoms with Crippen molar-refractivity contribution in [3.05, 3.63) is 59.7 Å². The molecule has 5 nitrogen and oxygen atoms in total. The molecule has 2 aromatic rings. The molecule has 0 unspecified atom stereocenters. The average Bonchev–Trinajstić information content (AvgIpc) is 2.75. The zero-order valence-electron chi connectivity index (χ0n) is 17.7. The van der Waals surface area contributed by atoms with Gasteiger partial charge in [-0.05, 0) is 50.1 Å². The monoisotopic (exact) mass is 398 g/mol. The van der Waals surface area contributed by atoms with Crippen LogP contribution < -0.4 is 9.64 Å². The van der Waals surface area contributed by atoms with Crippen molar-refractivity contribution in [2.75, 3.05) is 45.3 Å². The number of hydrogen-bond acceptors (Lipinski definition) is 5. The number of aliphatic hydroxyl groups is 1. The van der Waals surface area contributed by atoms with Gasteiger partial charge in [-0.2, -0.15) is 0 Å². The average molecular weight is 399 g/mol. The van der Waals surface area contributed by atoms with Crippen molar-refractivity contribution in [2.24, 2.45) is 0 Å². The maximum absolute atomic E-state index is 10.3. The van der Waals surface area contributed by atoms with Crippen LogP contribution in [-0.4, -0.2) is 56.5 Å². The predicted molar refractivity (Wildman–Crippen MR) is 117 cm³/mol. The van der Waals surface area contributed by atoms with Crippen LogP contribution in [0.15, 0.2) is 48.5 Å². The summed E-state index contributed by atoms with van der Waals surface area (Å²) in [5.41, 5.74) is 3.57. The zero-order valence-corrected chi connectivity index (χ0v) is 17.7. The number of nitrogens with zero attached hydrogens (tertiary/aromatic N) is 2. The summed E-state index contributed by atoms with van der Waals surface area (Å²) in [7, 11) is 3.68. The second kappa shape index (κ2) is 11.2. The van der Waals surface area contributed by atoms with E-state index in [1.54, 1.807) is 7.11 Å². The number of rotatable bonds is 10. The Morgan fingerprint density at radius 2 is 1.76 bits per heavy atom. The molecule has 1 atom stereocenters. The number of hydrogen-bond donors (Lipinski definition) is 1. The number of anilines is 1. The third kappa shape index (κ3) is 6.74. The number of benzene rings is 2. The number of likely N-dealkylation sites (N-methyl/N-ethyl adjacent to an activating group) is 1. The van der Waals surface area contributed by atoms with Crippen LogP contribution in [0.1, 0.15) is 30.4 Å². The summed E-state index contributed by atoms with van der Waals surface area (Å²) in [5.74, 6) is 0.812. The molecule has 1 aliphatic rings. The molecule has 0 spiro atoms. The summed E-state index contributed by atoms with van der Waals surface area (Å²) in [6, 6.07) is 16.6. The van der Waals surface area contributed by atoms with Gasteiger partial charge < -0.3 is 19.5 Å². The van der Waals surface area contributed by atoms with E-state index in [1.807, 2.05) is 31.3 Å². The van der Waals surface area contributed by atoms with E-state index in [2.05, 4.69) is 34.1 Å². The van der Waals surface area contributed by atoms with Gasteiger partial charge in [0.15, 0.2) is 0 Å². The molecular formula is C24H34N2O3. The highest BCUT2D eigenvalue weighted by molar-refractivity contribution is 5.47. The lowest BCUT2D eigenvalue weighted by molar-refractivity contribution is 0.0122. The molecule has 0 amide bonds. The Balaban J connectivity index is 1.39. The Labute approximate surface area is 174 Å². The van der Waals surface area contributed by atoms with Crippen molar-refractivity contribution in [3.63, 3.8) is 0 Å². The van der Waals surface area contributed by atoms with Crippen LogP contribution >= 0.6 is 0 Å². The van der Waals surface area contributed by atoms with E-state index in [4.69, 9.17) is 9.47 Å². The van der Waals surface area contributed by atoms with Crippen LogP contribution in [0, 0.1) is 0 Å². The molecule has 1 heterocycles. The first-order valence-electron chi connectivity index (χ1n) is 10.6. The molecule has 0 aromatic heterocycles. The van der Waals surface area contributed by atoms with E-state index in [-0.39, 0.29) is 0 Å². The van der Waals surface area contributed by atoms with E-state index < -0.39 is 6.10 Å². The fraction of sp³-hybridized carbons (Fsp3) is 0.500. The number of para-hydroxylation sites is 1. The minimum Gasteiger partial charge on any atom is -0.496 e. The summed E-state index contributed by atoms with van der Waals surface area (Å²) in [4.78, 5) is 4.60. The molecule has 158 valence electrons. The molecule has 0 bridgehead atoms. The Morgan fingerprint density at radius 1 is 1.03 bits per heavy atom. The lowest BCUT2D eigenvalue weighted by Gasteiger charge is -2.29. The third-order valence-corrected chi connectivity index (χ3v) is 5.39. The number of methoxy groups -OCH3 is 1. The van der Waals surface area contributed by atoms with Crippen molar-refractivity contribution < 1.29 is 14.6 Å². The summed E-state index contributed by atoms with van der Waals surface area (Å²) in [6.07, 6.45) is 3.41. The topological polar surface area (TPSA) is 45.2 Å². The summed E-state index contributed by atoms with van der Waals surface area (Å²) >= 11 is 0. The maximum Gasteiger partial charge on any atom is 0.124 e. The Morgan fingerprint density at radius 3 is 2.48 bits per heavy atom. The number of piperidine rings is 1. The van der Waals surface area contributed by atoms with Crippen LogP contribution in [0.2, 0.25) is 0 Å². The molecule has 5 heteroatoms. The molecule has 1 fully saturated rings. The predicted octanol–water partition coefficient (Wildman–Crippen LogP) is 3.70. The van der Waals surface area contributed by atoms with E-state index in [1.165, 1.54) is 43.6 Å². The van der Waals surface area contributed by atoms with E-state index in [9.17, 15) is 5.11 Å². The van der Waals surface area contributed by atoms with E-state index >= 15 is 0 Å². The second-order valence-corrected chi connectivity index (χ2v) is 7.89. The van der Waals surface area contributed by atoms with Crippen molar-refractivity contribution in [1.29, 1.82) is 0 Å². The molecule has 3 rings (SSSR count). The van der Waals surface area contributed by atoms with Crippen molar-refractivity contribution in [2.45, 2.75) is 38.5 Å². The quantitative estimate of drug-likeness (QED) is 0.661. The van der Waals surface area contributed by atoms with Gasteiger partial charge in [0.05, 0.1) is 26.4 Å². The van der Waals surface area contributed by atoms with Gasteiger partial charge in [0.2, 0.25) is 0 Å². The highest BCUT2D eigenvalue weighted by Gasteiger charge is 2.12. The first kappa shape index (κ1) is 21.6. The summed E-state index contributed by atoms with van der Waals surface area (Å²) in [5, 5.41) is 10.3. The fourth-order valence-corrected chi connectivity index (χ4v) is 3.88. The fourth-order valence-electron chi connectivity index (χ4n) is 3.88. The number of ether oxygens (including phenoxy) is 2. The largest absolute Gasteiger partial charge is 0.496 e. The Hall–Kier alpha value is -2.08. The Bertz CT molecular complexity index is 729. The summed E-state index contributed by atoms with van der Waals surface area (Å²) < 4.78 is 11.0. The van der Waals surface area contributed by atoms with Crippen LogP contribution in [0.25, 0.3) is 0 Å².